The average molecular weight is 244 g/mol. The fourth-order valence-corrected chi connectivity index (χ4v) is 1.44. The zero-order valence-corrected chi connectivity index (χ0v) is 10.7. The summed E-state index contributed by atoms with van der Waals surface area (Å²) >= 11 is 0. The molecule has 6 nitrogen and oxygen atoms in total. The average Bonchev–Trinajstić information content (AvgIpc) is 2.20. The molecule has 1 atom stereocenters. The molecule has 0 aromatic carbocycles. The molecular formula is C11H20N2O4. The molecule has 0 radical (unpaired) electrons. The number of carbonyl (C=O) groups is 3. The van der Waals surface area contributed by atoms with E-state index in [1.165, 1.54) is 11.8 Å². The maximum Gasteiger partial charge on any atom is 0.323 e. The third kappa shape index (κ3) is 5.33. The predicted octanol–water partition coefficient (Wildman–Crippen LogP) is 0.0802. The Bertz CT molecular complexity index is 302. The molecule has 0 fully saturated rings. The van der Waals surface area contributed by atoms with E-state index >= 15 is 0 Å². The van der Waals surface area contributed by atoms with Crippen LogP contribution in [0.2, 0.25) is 0 Å². The van der Waals surface area contributed by atoms with Crippen LogP contribution < -0.4 is 5.32 Å². The highest BCUT2D eigenvalue weighted by molar-refractivity contribution is 5.89. The largest absolute Gasteiger partial charge is 0.480 e. The Morgan fingerprint density at radius 3 is 2.12 bits per heavy atom. The van der Waals surface area contributed by atoms with Crippen LogP contribution in [0.4, 0.5) is 0 Å². The first-order chi connectivity index (χ1) is 7.79. The first-order valence-electron chi connectivity index (χ1n) is 5.57. The second-order valence-electron chi connectivity index (χ2n) is 4.17. The lowest BCUT2D eigenvalue weighted by molar-refractivity contribution is -0.146. The van der Waals surface area contributed by atoms with Crippen molar-refractivity contribution in [3.8, 4) is 0 Å². The molecular weight excluding hydrogens is 224 g/mol. The molecule has 0 saturated heterocycles. The van der Waals surface area contributed by atoms with Gasteiger partial charge in [0.25, 0.3) is 0 Å². The molecule has 0 heterocycles. The third-order valence-corrected chi connectivity index (χ3v) is 2.31. The summed E-state index contributed by atoms with van der Waals surface area (Å²) in [5.41, 5.74) is 0. The van der Waals surface area contributed by atoms with Crippen molar-refractivity contribution >= 4 is 17.8 Å². The molecule has 1 unspecified atom stereocenters. The van der Waals surface area contributed by atoms with E-state index in [0.29, 0.717) is 6.54 Å². The van der Waals surface area contributed by atoms with Crippen LogP contribution >= 0.6 is 0 Å². The number of rotatable bonds is 6. The summed E-state index contributed by atoms with van der Waals surface area (Å²) in [5, 5.41) is 11.2. The molecule has 0 rings (SSSR count). The second-order valence-corrected chi connectivity index (χ2v) is 4.17. The summed E-state index contributed by atoms with van der Waals surface area (Å²) in [6, 6.07) is -0.674. The molecule has 6 heteroatoms. The van der Waals surface area contributed by atoms with E-state index in [0.717, 1.165) is 0 Å². The van der Waals surface area contributed by atoms with E-state index in [-0.39, 0.29) is 24.3 Å². The number of aliphatic carboxylic acids is 1. The number of hydrogen-bond acceptors (Lipinski definition) is 3. The van der Waals surface area contributed by atoms with E-state index in [9.17, 15) is 14.4 Å². The number of hydrogen-bond donors (Lipinski definition) is 2. The molecule has 0 aliphatic carbocycles. The summed E-state index contributed by atoms with van der Waals surface area (Å²) in [7, 11) is 0. The van der Waals surface area contributed by atoms with Crippen molar-refractivity contribution in [2.24, 2.45) is 5.92 Å². The Hall–Kier alpha value is -1.59. The van der Waals surface area contributed by atoms with Gasteiger partial charge in [-0.2, -0.15) is 0 Å². The lowest BCUT2D eigenvalue weighted by Crippen LogP contribution is -2.51. The molecule has 17 heavy (non-hydrogen) atoms. The summed E-state index contributed by atoms with van der Waals surface area (Å²) in [4.78, 5) is 34.9. The minimum absolute atomic E-state index is 0.0887. The van der Waals surface area contributed by atoms with E-state index < -0.39 is 12.0 Å². The van der Waals surface area contributed by atoms with Crippen LogP contribution in [0, 0.1) is 5.92 Å². The van der Waals surface area contributed by atoms with Gasteiger partial charge in [0, 0.05) is 13.5 Å². The molecule has 0 aliphatic heterocycles. The van der Waals surface area contributed by atoms with E-state index in [1.54, 1.807) is 20.8 Å². The maximum atomic E-state index is 12.0. The lowest BCUT2D eigenvalue weighted by Gasteiger charge is -2.27. The highest BCUT2D eigenvalue weighted by Gasteiger charge is 2.27. The number of nitrogens with one attached hydrogen (secondary N) is 1. The first kappa shape index (κ1) is 15.4. The molecule has 0 spiro atoms. The predicted molar refractivity (Wildman–Crippen MR) is 62.3 cm³/mol. The molecule has 0 aromatic rings. The van der Waals surface area contributed by atoms with Gasteiger partial charge >= 0.3 is 5.97 Å². The van der Waals surface area contributed by atoms with Crippen LogP contribution in [0.5, 0.6) is 0 Å². The van der Waals surface area contributed by atoms with Crippen molar-refractivity contribution in [2.75, 3.05) is 13.1 Å². The van der Waals surface area contributed by atoms with Crippen LogP contribution in [0.1, 0.15) is 27.7 Å². The molecule has 2 N–H and O–H groups in total. The summed E-state index contributed by atoms with van der Waals surface area (Å²) < 4.78 is 0. The molecule has 0 aliphatic rings. The minimum atomic E-state index is -1.06. The summed E-state index contributed by atoms with van der Waals surface area (Å²) in [5.74, 6) is -1.82. The highest BCUT2D eigenvalue weighted by Crippen LogP contribution is 2.06. The van der Waals surface area contributed by atoms with Crippen LogP contribution in [-0.2, 0) is 14.4 Å². The molecule has 0 saturated carbocycles. The highest BCUT2D eigenvalue weighted by atomic mass is 16.4. The Kier molecular flexibility index (Phi) is 6.23. The quantitative estimate of drug-likeness (QED) is 0.692. The molecule has 2 amide bonds. The van der Waals surface area contributed by atoms with Crippen LogP contribution in [0.15, 0.2) is 0 Å². The number of carboxylic acids is 1. The van der Waals surface area contributed by atoms with Crippen molar-refractivity contribution in [1.29, 1.82) is 0 Å². The zero-order valence-electron chi connectivity index (χ0n) is 10.7. The van der Waals surface area contributed by atoms with E-state index in [2.05, 4.69) is 5.32 Å². The van der Waals surface area contributed by atoms with Crippen LogP contribution in [0.25, 0.3) is 0 Å². The number of amides is 2. The van der Waals surface area contributed by atoms with Gasteiger partial charge in [-0.1, -0.05) is 13.8 Å². The fourth-order valence-electron chi connectivity index (χ4n) is 1.44. The lowest BCUT2D eigenvalue weighted by atomic mass is 10.0. The topological polar surface area (TPSA) is 86.7 Å². The Balaban J connectivity index is 4.78. The van der Waals surface area contributed by atoms with Gasteiger partial charge < -0.3 is 15.3 Å². The van der Waals surface area contributed by atoms with Gasteiger partial charge in [-0.3, -0.25) is 14.4 Å². The first-order valence-corrected chi connectivity index (χ1v) is 5.57. The smallest absolute Gasteiger partial charge is 0.323 e. The van der Waals surface area contributed by atoms with Gasteiger partial charge in [0.15, 0.2) is 0 Å². The van der Waals surface area contributed by atoms with Crippen LogP contribution in [-0.4, -0.2) is 46.9 Å². The van der Waals surface area contributed by atoms with Gasteiger partial charge in [-0.15, -0.1) is 0 Å². The Morgan fingerprint density at radius 1 is 1.29 bits per heavy atom. The number of nitrogens with zero attached hydrogens (tertiary/aromatic N) is 1. The fraction of sp³-hybridized carbons (Fsp3) is 0.727. The molecule has 0 bridgehead atoms. The van der Waals surface area contributed by atoms with E-state index in [4.69, 9.17) is 5.11 Å². The third-order valence-electron chi connectivity index (χ3n) is 2.31. The van der Waals surface area contributed by atoms with Gasteiger partial charge in [0.05, 0.1) is 0 Å². The zero-order chi connectivity index (χ0) is 13.6. The molecule has 98 valence electrons. The standard InChI is InChI=1S/C11H20N2O4/c1-5-13(6-9(15)16)11(17)10(7(2)3)12-8(4)14/h7,10H,5-6H2,1-4H3,(H,12,14)(H,15,16). The summed E-state index contributed by atoms with van der Waals surface area (Å²) in [6.07, 6.45) is 0. The SMILES string of the molecule is CCN(CC(=O)O)C(=O)C(NC(C)=O)C(C)C. The van der Waals surface area contributed by atoms with Gasteiger partial charge in [-0.25, -0.2) is 0 Å². The van der Waals surface area contributed by atoms with Crippen LogP contribution in [0.3, 0.4) is 0 Å². The molecule has 0 aromatic heterocycles. The van der Waals surface area contributed by atoms with Crippen molar-refractivity contribution in [2.45, 2.75) is 33.7 Å². The minimum Gasteiger partial charge on any atom is -0.480 e. The number of carbonyl (C=O) groups excluding carboxylic acids is 2. The van der Waals surface area contributed by atoms with Gasteiger partial charge in [-0.05, 0) is 12.8 Å². The van der Waals surface area contributed by atoms with Crippen molar-refractivity contribution < 1.29 is 19.5 Å². The van der Waals surface area contributed by atoms with Gasteiger partial charge in [0.1, 0.15) is 12.6 Å². The second kappa shape index (κ2) is 6.88. The number of likely N-dealkylation sites (N-methyl/N-ethyl adjacent to an activating group) is 1. The van der Waals surface area contributed by atoms with Crippen molar-refractivity contribution in [1.82, 2.24) is 10.2 Å². The van der Waals surface area contributed by atoms with E-state index in [1.807, 2.05) is 0 Å². The normalized spacial score (nSPS) is 12.1. The van der Waals surface area contributed by atoms with Crippen molar-refractivity contribution in [3.63, 3.8) is 0 Å². The number of carboxylic acid groups (broad SMARTS) is 1. The Morgan fingerprint density at radius 2 is 1.82 bits per heavy atom. The Labute approximate surface area is 101 Å². The maximum absolute atomic E-state index is 12.0. The van der Waals surface area contributed by atoms with Crippen molar-refractivity contribution in [3.05, 3.63) is 0 Å². The summed E-state index contributed by atoms with van der Waals surface area (Å²) in [6.45, 7) is 6.58. The monoisotopic (exact) mass is 244 g/mol. The van der Waals surface area contributed by atoms with Gasteiger partial charge in [0.2, 0.25) is 11.8 Å².